The fourth-order valence-electron chi connectivity index (χ4n) is 3.94. The van der Waals surface area contributed by atoms with Crippen molar-refractivity contribution < 1.29 is 24.0 Å². The first-order valence-electron chi connectivity index (χ1n) is 13.5. The Morgan fingerprint density at radius 3 is 2.15 bits per heavy atom. The lowest BCUT2D eigenvalue weighted by Gasteiger charge is -2.26. The average molecular weight is 564 g/mol. The van der Waals surface area contributed by atoms with Gasteiger partial charge in [0.05, 0.1) is 6.04 Å². The van der Waals surface area contributed by atoms with Gasteiger partial charge in [-0.05, 0) is 62.5 Å². The summed E-state index contributed by atoms with van der Waals surface area (Å²) in [5.41, 5.74) is 6.64. The Hall–Kier alpha value is -2.92. The number of carbonyl (C=O) groups excluding carboxylic acids is 5. The molecule has 1 rings (SSSR count). The summed E-state index contributed by atoms with van der Waals surface area (Å²) < 4.78 is 0. The molecule has 1 aromatic carbocycles. The van der Waals surface area contributed by atoms with E-state index in [0.29, 0.717) is 50.8 Å². The lowest BCUT2D eigenvalue weighted by molar-refractivity contribution is -0.133. The highest BCUT2D eigenvalue weighted by atomic mass is 32.2. The molecule has 10 nitrogen and oxygen atoms in total. The normalized spacial score (nSPS) is 14.0. The number of hydrogen-bond donors (Lipinski definition) is 5. The van der Waals surface area contributed by atoms with Gasteiger partial charge in [0.1, 0.15) is 23.9 Å². The summed E-state index contributed by atoms with van der Waals surface area (Å²) in [6.45, 7) is 5.72. The number of rotatable bonds is 20. The van der Waals surface area contributed by atoms with Crippen molar-refractivity contribution in [1.82, 2.24) is 21.3 Å². The Bertz CT molecular complexity index is 915. The number of carbonyl (C=O) groups is 5. The molecule has 0 fully saturated rings. The third-order valence-corrected chi connectivity index (χ3v) is 6.86. The van der Waals surface area contributed by atoms with Crippen LogP contribution in [0.2, 0.25) is 0 Å². The second-order valence-corrected chi connectivity index (χ2v) is 11.0. The predicted octanol–water partition coefficient (Wildman–Crippen LogP) is 1.32. The van der Waals surface area contributed by atoms with E-state index >= 15 is 0 Å². The fourth-order valence-corrected chi connectivity index (χ4v) is 4.41. The molecule has 11 heteroatoms. The van der Waals surface area contributed by atoms with Crippen molar-refractivity contribution in [2.24, 2.45) is 11.7 Å². The van der Waals surface area contributed by atoms with E-state index in [9.17, 15) is 24.0 Å². The molecule has 0 aliphatic rings. The summed E-state index contributed by atoms with van der Waals surface area (Å²) >= 11 is 1.55. The number of unbranched alkanes of at least 4 members (excludes halogenated alkanes) is 1. The molecule has 0 radical (unpaired) electrons. The summed E-state index contributed by atoms with van der Waals surface area (Å²) in [6, 6.07) is 6.38. The minimum absolute atomic E-state index is 0.0646. The van der Waals surface area contributed by atoms with Crippen LogP contribution in [0.1, 0.15) is 58.4 Å². The number of hydrogen-bond acceptors (Lipinski definition) is 7. The van der Waals surface area contributed by atoms with Gasteiger partial charge in [-0.3, -0.25) is 24.0 Å². The van der Waals surface area contributed by atoms with Gasteiger partial charge in [0.2, 0.25) is 24.1 Å². The van der Waals surface area contributed by atoms with E-state index in [-0.39, 0.29) is 24.0 Å². The van der Waals surface area contributed by atoms with Gasteiger partial charge < -0.3 is 27.0 Å². The van der Waals surface area contributed by atoms with Crippen LogP contribution in [-0.4, -0.2) is 72.6 Å². The second kappa shape index (κ2) is 19.2. The Balaban J connectivity index is 2.93. The second-order valence-electron chi connectivity index (χ2n) is 10.1. The first-order chi connectivity index (χ1) is 18.6. The highest BCUT2D eigenvalue weighted by Gasteiger charge is 2.29. The average Bonchev–Trinajstić information content (AvgIpc) is 2.89. The number of benzene rings is 1. The maximum atomic E-state index is 13.4. The Morgan fingerprint density at radius 1 is 0.923 bits per heavy atom. The van der Waals surface area contributed by atoms with Gasteiger partial charge in [0, 0.05) is 13.0 Å². The van der Waals surface area contributed by atoms with Crippen molar-refractivity contribution in [3.05, 3.63) is 35.9 Å². The standard InChI is InChI=1S/C28H45N5O5S/c1-19(2)16-24(32-27(37)23(31-18-34)13-15-39-4)28(38)33-25(17-21-10-6-5-7-11-21)26(36)30-14-9-8-12-22(29)20(3)35/h5-7,10-11,18-19,22-25H,8-9,12-17,29H2,1-4H3,(H,30,36)(H,31,34)(H,32,37)(H,33,38). The first-order valence-corrected chi connectivity index (χ1v) is 14.8. The van der Waals surface area contributed by atoms with Crippen molar-refractivity contribution >= 4 is 41.7 Å². The maximum absolute atomic E-state index is 13.4. The van der Waals surface area contributed by atoms with Gasteiger partial charge in [-0.25, -0.2) is 0 Å². The molecule has 4 amide bonds. The van der Waals surface area contributed by atoms with E-state index < -0.39 is 36.0 Å². The van der Waals surface area contributed by atoms with Gasteiger partial charge in [0.15, 0.2) is 0 Å². The minimum Gasteiger partial charge on any atom is -0.354 e. The molecule has 0 aliphatic carbocycles. The summed E-state index contributed by atoms with van der Waals surface area (Å²) in [5, 5.41) is 11.0. The van der Waals surface area contributed by atoms with Crippen molar-refractivity contribution in [3.63, 3.8) is 0 Å². The molecule has 4 unspecified atom stereocenters. The number of nitrogens with two attached hydrogens (primary N) is 1. The number of Topliss-reactive ketones (excluding diaryl/α,β-unsaturated/α-hetero) is 1. The molecule has 39 heavy (non-hydrogen) atoms. The molecule has 0 aromatic heterocycles. The Morgan fingerprint density at radius 2 is 1.56 bits per heavy atom. The summed E-state index contributed by atoms with van der Waals surface area (Å²) in [6.07, 6.45) is 5.33. The molecule has 6 N–H and O–H groups in total. The van der Waals surface area contributed by atoms with Crippen LogP contribution in [-0.2, 0) is 30.4 Å². The predicted molar refractivity (Wildman–Crippen MR) is 155 cm³/mol. The van der Waals surface area contributed by atoms with Gasteiger partial charge in [-0.1, -0.05) is 44.2 Å². The van der Waals surface area contributed by atoms with Crippen LogP contribution in [0, 0.1) is 5.92 Å². The molecule has 0 bridgehead atoms. The van der Waals surface area contributed by atoms with E-state index in [1.54, 1.807) is 11.8 Å². The third-order valence-electron chi connectivity index (χ3n) is 6.22. The van der Waals surface area contributed by atoms with Crippen molar-refractivity contribution in [1.29, 1.82) is 0 Å². The molecule has 4 atom stereocenters. The highest BCUT2D eigenvalue weighted by Crippen LogP contribution is 2.10. The van der Waals surface area contributed by atoms with Gasteiger partial charge in [-0.2, -0.15) is 11.8 Å². The van der Waals surface area contributed by atoms with E-state index in [0.717, 1.165) is 5.56 Å². The zero-order chi connectivity index (χ0) is 29.2. The monoisotopic (exact) mass is 563 g/mol. The van der Waals surface area contributed by atoms with Crippen LogP contribution in [0.5, 0.6) is 0 Å². The fraction of sp³-hybridized carbons (Fsp3) is 0.607. The molecule has 1 aromatic rings. The zero-order valence-electron chi connectivity index (χ0n) is 23.5. The van der Waals surface area contributed by atoms with E-state index in [2.05, 4.69) is 21.3 Å². The number of amides is 4. The Labute approximate surface area is 236 Å². The quantitative estimate of drug-likeness (QED) is 0.118. The van der Waals surface area contributed by atoms with Gasteiger partial charge >= 0.3 is 0 Å². The van der Waals surface area contributed by atoms with Crippen LogP contribution in [0.15, 0.2) is 30.3 Å². The summed E-state index contributed by atoms with van der Waals surface area (Å²) in [4.78, 5) is 61.7. The largest absolute Gasteiger partial charge is 0.354 e. The number of nitrogens with one attached hydrogen (secondary N) is 4. The van der Waals surface area contributed by atoms with Crippen molar-refractivity contribution in [3.8, 4) is 0 Å². The zero-order valence-corrected chi connectivity index (χ0v) is 24.4. The molecular weight excluding hydrogens is 518 g/mol. The van der Waals surface area contributed by atoms with Gasteiger partial charge in [0.25, 0.3) is 0 Å². The SMILES string of the molecule is CSCCC(NC=O)C(=O)NC(CC(C)C)C(=O)NC(Cc1ccccc1)C(=O)NCCCCC(N)C(C)=O. The summed E-state index contributed by atoms with van der Waals surface area (Å²) in [5.74, 6) is -0.545. The maximum Gasteiger partial charge on any atom is 0.243 e. The van der Waals surface area contributed by atoms with E-state index in [1.807, 2.05) is 50.4 Å². The molecule has 0 spiro atoms. The van der Waals surface area contributed by atoms with Gasteiger partial charge in [-0.15, -0.1) is 0 Å². The smallest absolute Gasteiger partial charge is 0.243 e. The number of ketones is 1. The molecule has 218 valence electrons. The molecular formula is C28H45N5O5S. The number of thioether (sulfide) groups is 1. The topological polar surface area (TPSA) is 159 Å². The Kier molecular flexibility index (Phi) is 16.8. The van der Waals surface area contributed by atoms with Crippen LogP contribution < -0.4 is 27.0 Å². The minimum atomic E-state index is -0.873. The van der Waals surface area contributed by atoms with Crippen LogP contribution >= 0.6 is 11.8 Å². The van der Waals surface area contributed by atoms with E-state index in [4.69, 9.17) is 5.73 Å². The molecule has 0 saturated carbocycles. The third kappa shape index (κ3) is 14.2. The molecule has 0 heterocycles. The lowest BCUT2D eigenvalue weighted by atomic mass is 10.0. The highest BCUT2D eigenvalue weighted by molar-refractivity contribution is 7.98. The van der Waals surface area contributed by atoms with Crippen molar-refractivity contribution in [2.45, 2.75) is 83.5 Å². The lowest BCUT2D eigenvalue weighted by Crippen LogP contribution is -2.57. The molecule has 0 aliphatic heterocycles. The van der Waals surface area contributed by atoms with E-state index in [1.165, 1.54) is 6.92 Å². The first kappa shape index (κ1) is 34.1. The van der Waals surface area contributed by atoms with Crippen LogP contribution in [0.25, 0.3) is 0 Å². The van der Waals surface area contributed by atoms with Crippen LogP contribution in [0.4, 0.5) is 0 Å². The van der Waals surface area contributed by atoms with Crippen LogP contribution in [0.3, 0.4) is 0 Å². The summed E-state index contributed by atoms with van der Waals surface area (Å²) in [7, 11) is 0. The molecule has 0 saturated heterocycles. The van der Waals surface area contributed by atoms with Crippen molar-refractivity contribution in [2.75, 3.05) is 18.6 Å².